The molecule has 3 rings (SSSR count). The van der Waals surface area contributed by atoms with Crippen molar-refractivity contribution >= 4 is 48.0 Å². The Bertz CT molecular complexity index is 1060. The molecule has 1 aromatic rings. The quantitative estimate of drug-likeness (QED) is 0.250. The van der Waals surface area contributed by atoms with E-state index in [-0.39, 0.29) is 36.2 Å². The van der Waals surface area contributed by atoms with Crippen LogP contribution >= 0.6 is 11.8 Å². The molecule has 0 aromatic heterocycles. The molecule has 0 saturated heterocycles. The molecule has 1 aliphatic carbocycles. The summed E-state index contributed by atoms with van der Waals surface area (Å²) in [6.45, 7) is 0. The summed E-state index contributed by atoms with van der Waals surface area (Å²) < 4.78 is 57.3. The van der Waals surface area contributed by atoms with Gasteiger partial charge in [-0.3, -0.25) is 0 Å². The van der Waals surface area contributed by atoms with E-state index in [2.05, 4.69) is 0 Å². The van der Waals surface area contributed by atoms with Crippen LogP contribution in [0, 0.1) is 0 Å². The van der Waals surface area contributed by atoms with E-state index in [1.165, 1.54) is 19.2 Å². The van der Waals surface area contributed by atoms with Crippen molar-refractivity contribution in [2.24, 2.45) is 0 Å². The summed E-state index contributed by atoms with van der Waals surface area (Å²) in [5, 5.41) is -0.363. The zero-order chi connectivity index (χ0) is 17.7. The predicted molar refractivity (Wildman–Crippen MR) is 91.2 cm³/mol. The topological polar surface area (TPSA) is 108 Å². The van der Waals surface area contributed by atoms with Gasteiger partial charge in [0.25, 0.3) is 0 Å². The van der Waals surface area contributed by atoms with Crippen LogP contribution in [0.5, 0.6) is 0 Å². The molecule has 0 N–H and O–H groups in total. The number of quaternary nitrogens is 1. The van der Waals surface area contributed by atoms with Crippen LogP contribution in [0.25, 0.3) is 0 Å². The third kappa shape index (κ3) is 3.33. The van der Waals surface area contributed by atoms with Crippen molar-refractivity contribution in [3.63, 3.8) is 0 Å². The molecule has 0 bridgehead atoms. The van der Waals surface area contributed by atoms with Gasteiger partial charge in [0.05, 0.1) is 16.8 Å². The third-order valence-corrected chi connectivity index (χ3v) is 6.96. The second-order valence-corrected chi connectivity index (χ2v) is 8.58. The Morgan fingerprint density at radius 2 is 1.92 bits per heavy atom. The minimum atomic E-state index is -5.00. The van der Waals surface area contributed by atoms with Gasteiger partial charge in [-0.25, -0.2) is 17.7 Å². The van der Waals surface area contributed by atoms with Gasteiger partial charge in [0, 0.05) is 17.8 Å². The maximum absolute atomic E-state index is 12.6. The molecule has 0 fully saturated rings. The van der Waals surface area contributed by atoms with Crippen molar-refractivity contribution < 1.29 is 57.2 Å². The molecule has 1 amide bonds. The van der Waals surface area contributed by atoms with Crippen LogP contribution in [0.4, 0.5) is 10.5 Å². The molecule has 7 nitrogen and oxygen atoms in total. The SMILES string of the molecule is C[N+]1(C2C=CC=C(S(=O)(=O)[O-])C2=S(=O)=O)C(=O)Sc2ccccc21.[H-].[Na+]. The standard InChI is InChI=1S/C14H11NO6S3.Na.H/c1-15(9-5-2-3-7-11(9)22-14(15)16)10-6-4-8-12(24(19,20)21)13(10)23(17)18;;/h2-8,10H,1H3;;/q;+1;-1. The summed E-state index contributed by atoms with van der Waals surface area (Å²) in [7, 11) is -6.48. The Kier molecular flexibility index (Phi) is 5.87. The minimum absolute atomic E-state index is 0. The Morgan fingerprint density at radius 1 is 1.28 bits per heavy atom. The number of hydrogen-bond acceptors (Lipinski definition) is 7. The molecular formula is C14H12NNaO6S3. The molecular weight excluding hydrogens is 397 g/mol. The normalized spacial score (nSPS) is 25.2. The molecule has 0 spiro atoms. The van der Waals surface area contributed by atoms with E-state index in [1.807, 2.05) is 0 Å². The molecule has 1 aromatic carbocycles. The number of allylic oxidation sites excluding steroid dienone is 2. The third-order valence-electron chi connectivity index (χ3n) is 4.00. The number of nitrogens with zero attached hydrogens (tertiary/aromatic N) is 1. The molecule has 2 aliphatic rings. The fourth-order valence-corrected chi connectivity index (χ4v) is 5.78. The Hall–Kier alpha value is -0.720. The number of thioether (sulfide) groups is 1. The number of likely N-dealkylation sites (N-methyl/N-ethyl adjacent to an activating group) is 1. The molecule has 11 heteroatoms. The first-order valence-corrected chi connectivity index (χ1v) is 9.96. The Labute approximate surface area is 174 Å². The zero-order valence-electron chi connectivity index (χ0n) is 14.2. The average molecular weight is 409 g/mol. The molecule has 1 heterocycles. The van der Waals surface area contributed by atoms with Crippen LogP contribution in [0.2, 0.25) is 0 Å². The molecule has 2 atom stereocenters. The van der Waals surface area contributed by atoms with Crippen LogP contribution in [0.1, 0.15) is 1.43 Å². The first-order chi connectivity index (χ1) is 11.2. The van der Waals surface area contributed by atoms with E-state index >= 15 is 0 Å². The van der Waals surface area contributed by atoms with Crippen LogP contribution in [0.3, 0.4) is 0 Å². The fraction of sp³-hybridized carbons (Fsp3) is 0.143. The summed E-state index contributed by atoms with van der Waals surface area (Å²) in [5.74, 6) is 0. The van der Waals surface area contributed by atoms with Crippen LogP contribution in [-0.4, -0.2) is 44.6 Å². The summed E-state index contributed by atoms with van der Waals surface area (Å²) in [6, 6.07) is 5.72. The van der Waals surface area contributed by atoms with Gasteiger partial charge in [0.15, 0.2) is 16.6 Å². The van der Waals surface area contributed by atoms with Crippen molar-refractivity contribution in [3.05, 3.63) is 47.4 Å². The fourth-order valence-electron chi connectivity index (χ4n) is 2.84. The number of para-hydroxylation sites is 1. The van der Waals surface area contributed by atoms with Crippen LogP contribution in [0.15, 0.2) is 52.3 Å². The van der Waals surface area contributed by atoms with Crippen molar-refractivity contribution in [2.45, 2.75) is 10.9 Å². The Balaban J connectivity index is 0.00000169. The summed E-state index contributed by atoms with van der Waals surface area (Å²) >= 11 is 0.952. The number of fused-ring (bicyclic) bond motifs is 1. The molecule has 0 radical (unpaired) electrons. The van der Waals surface area contributed by atoms with Gasteiger partial charge >= 0.3 is 34.8 Å². The summed E-state index contributed by atoms with van der Waals surface area (Å²) in [5.41, 5.74) is 0.551. The minimum Gasteiger partial charge on any atom is -1.00 e. The monoisotopic (exact) mass is 409 g/mol. The average Bonchev–Trinajstić information content (AvgIpc) is 2.78. The van der Waals surface area contributed by atoms with Gasteiger partial charge in [-0.05, 0) is 18.2 Å². The van der Waals surface area contributed by atoms with Gasteiger partial charge in [-0.1, -0.05) is 18.2 Å². The van der Waals surface area contributed by atoms with Crippen molar-refractivity contribution in [3.8, 4) is 0 Å². The molecule has 128 valence electrons. The second-order valence-electron chi connectivity index (χ2n) is 5.32. The van der Waals surface area contributed by atoms with Crippen molar-refractivity contribution in [1.29, 1.82) is 0 Å². The number of carbonyl (C=O) groups excluding carboxylic acids is 1. The summed E-state index contributed by atoms with van der Waals surface area (Å²) in [6.07, 6.45) is 3.64. The maximum Gasteiger partial charge on any atom is 1.00 e. The molecule has 0 saturated carbocycles. The zero-order valence-corrected chi connectivity index (χ0v) is 17.7. The molecule has 25 heavy (non-hydrogen) atoms. The number of hydrogen-bond donors (Lipinski definition) is 0. The molecule has 2 unspecified atom stereocenters. The van der Waals surface area contributed by atoms with Gasteiger partial charge in [-0.15, -0.1) is 0 Å². The van der Waals surface area contributed by atoms with E-state index in [4.69, 9.17) is 0 Å². The van der Waals surface area contributed by atoms with E-state index in [9.17, 15) is 26.2 Å². The van der Waals surface area contributed by atoms with E-state index in [1.54, 1.807) is 24.3 Å². The second kappa shape index (κ2) is 7.12. The van der Waals surface area contributed by atoms with Gasteiger partial charge in [0.1, 0.15) is 10.1 Å². The van der Waals surface area contributed by atoms with E-state index in [0.29, 0.717) is 10.6 Å². The van der Waals surface area contributed by atoms with Gasteiger partial charge < -0.3 is 5.98 Å². The van der Waals surface area contributed by atoms with E-state index in [0.717, 1.165) is 17.8 Å². The van der Waals surface area contributed by atoms with Gasteiger partial charge in [-0.2, -0.15) is 8.42 Å². The predicted octanol–water partition coefficient (Wildman–Crippen LogP) is -1.62. The number of carbonyl (C=O) groups is 1. The smallest absolute Gasteiger partial charge is 1.00 e. The number of rotatable bonds is 2. The Morgan fingerprint density at radius 3 is 2.52 bits per heavy atom. The van der Waals surface area contributed by atoms with E-state index < -0.39 is 40.7 Å². The largest absolute Gasteiger partial charge is 1.00 e. The summed E-state index contributed by atoms with van der Waals surface area (Å²) in [4.78, 5) is 11.9. The van der Waals surface area contributed by atoms with Gasteiger partial charge in [0.2, 0.25) is 10.3 Å². The molecule has 1 aliphatic heterocycles. The first kappa shape index (κ1) is 20.6. The van der Waals surface area contributed by atoms with Crippen LogP contribution < -0.4 is 34.0 Å². The van der Waals surface area contributed by atoms with Crippen molar-refractivity contribution in [1.82, 2.24) is 4.48 Å². The first-order valence-electron chi connectivity index (χ1n) is 6.66. The number of amides is 1. The van der Waals surface area contributed by atoms with Crippen molar-refractivity contribution in [2.75, 3.05) is 7.05 Å². The maximum atomic E-state index is 12.6. The number of benzene rings is 1. The van der Waals surface area contributed by atoms with Crippen LogP contribution in [-0.2, 0) is 20.4 Å².